The summed E-state index contributed by atoms with van der Waals surface area (Å²) in [7, 11) is 0. The van der Waals surface area contributed by atoms with Crippen molar-refractivity contribution in [3.8, 4) is 0 Å². The Kier molecular flexibility index (Phi) is 5.15. The minimum absolute atomic E-state index is 0.150. The fourth-order valence-corrected chi connectivity index (χ4v) is 2.47. The van der Waals surface area contributed by atoms with Crippen molar-refractivity contribution in [1.82, 2.24) is 15.3 Å². The second-order valence-electron chi connectivity index (χ2n) is 5.36. The van der Waals surface area contributed by atoms with Crippen LogP contribution in [0.25, 0.3) is 0 Å². The molecule has 0 unspecified atom stereocenters. The van der Waals surface area contributed by atoms with E-state index in [1.807, 2.05) is 0 Å². The van der Waals surface area contributed by atoms with Crippen LogP contribution < -0.4 is 16.6 Å². The van der Waals surface area contributed by atoms with E-state index in [0.717, 1.165) is 12.8 Å². The first-order chi connectivity index (χ1) is 9.65. The van der Waals surface area contributed by atoms with Crippen molar-refractivity contribution in [3.05, 3.63) is 27.9 Å². The molecule has 0 bridgehead atoms. The van der Waals surface area contributed by atoms with Gasteiger partial charge in [-0.3, -0.25) is 4.79 Å². The van der Waals surface area contributed by atoms with Gasteiger partial charge >= 0.3 is 0 Å². The van der Waals surface area contributed by atoms with E-state index < -0.39 is 0 Å². The van der Waals surface area contributed by atoms with Gasteiger partial charge in [-0.2, -0.15) is 0 Å². The maximum absolute atomic E-state index is 11.7. The number of aryl methyl sites for hydroxylation is 1. The lowest BCUT2D eigenvalue weighted by Crippen LogP contribution is -2.39. The SMILES string of the molecule is Cc1ncc(CN=C(N)NC2CCCCCC2)c(=O)[nH]1. The largest absolute Gasteiger partial charge is 0.370 e. The smallest absolute Gasteiger partial charge is 0.255 e. The highest BCUT2D eigenvalue weighted by Gasteiger charge is 2.12. The van der Waals surface area contributed by atoms with Crippen LogP contribution in [-0.2, 0) is 6.54 Å². The van der Waals surface area contributed by atoms with E-state index in [0.29, 0.717) is 23.4 Å². The fraction of sp³-hybridized carbons (Fsp3) is 0.643. The minimum atomic E-state index is -0.150. The Balaban J connectivity index is 1.91. The second-order valence-corrected chi connectivity index (χ2v) is 5.36. The molecule has 1 heterocycles. The Bertz CT molecular complexity index is 515. The number of guanidine groups is 1. The van der Waals surface area contributed by atoms with Gasteiger partial charge in [0.25, 0.3) is 5.56 Å². The third-order valence-electron chi connectivity index (χ3n) is 3.63. The predicted molar refractivity (Wildman–Crippen MR) is 79.5 cm³/mol. The molecule has 1 aliphatic carbocycles. The molecule has 4 N–H and O–H groups in total. The number of rotatable bonds is 3. The summed E-state index contributed by atoms with van der Waals surface area (Å²) < 4.78 is 0. The van der Waals surface area contributed by atoms with E-state index in [1.165, 1.54) is 25.7 Å². The normalized spacial score (nSPS) is 17.8. The van der Waals surface area contributed by atoms with Crippen LogP contribution in [0.2, 0.25) is 0 Å². The summed E-state index contributed by atoms with van der Waals surface area (Å²) in [6.45, 7) is 2.00. The van der Waals surface area contributed by atoms with E-state index in [2.05, 4.69) is 20.3 Å². The van der Waals surface area contributed by atoms with Crippen molar-refractivity contribution in [1.29, 1.82) is 0 Å². The Morgan fingerprint density at radius 1 is 1.45 bits per heavy atom. The van der Waals surface area contributed by atoms with Crippen LogP contribution in [0.15, 0.2) is 16.0 Å². The highest BCUT2D eigenvalue weighted by atomic mass is 16.1. The van der Waals surface area contributed by atoms with Crippen molar-refractivity contribution in [3.63, 3.8) is 0 Å². The number of nitrogens with two attached hydrogens (primary N) is 1. The monoisotopic (exact) mass is 277 g/mol. The number of aromatic amines is 1. The predicted octanol–water partition coefficient (Wildman–Crippen LogP) is 1.21. The van der Waals surface area contributed by atoms with Gasteiger partial charge in [-0.15, -0.1) is 0 Å². The Morgan fingerprint density at radius 2 is 2.15 bits per heavy atom. The van der Waals surface area contributed by atoms with Crippen LogP contribution in [0.4, 0.5) is 0 Å². The molecule has 0 spiro atoms. The summed E-state index contributed by atoms with van der Waals surface area (Å²) in [5, 5.41) is 3.26. The maximum Gasteiger partial charge on any atom is 0.255 e. The number of aromatic nitrogens is 2. The molecule has 0 saturated heterocycles. The standard InChI is InChI=1S/C14H23N5O/c1-10-16-8-11(13(20)18-10)9-17-14(15)19-12-6-4-2-3-5-7-12/h8,12H,2-7,9H2,1H3,(H3,15,17,19)(H,16,18,20). The average Bonchev–Trinajstić information content (AvgIpc) is 2.66. The van der Waals surface area contributed by atoms with E-state index >= 15 is 0 Å². The van der Waals surface area contributed by atoms with Crippen molar-refractivity contribution in [2.45, 2.75) is 58.0 Å². The molecule has 20 heavy (non-hydrogen) atoms. The zero-order chi connectivity index (χ0) is 14.4. The average molecular weight is 277 g/mol. The van der Waals surface area contributed by atoms with E-state index in [9.17, 15) is 4.79 Å². The van der Waals surface area contributed by atoms with Gasteiger partial charge in [0.1, 0.15) is 5.82 Å². The van der Waals surface area contributed by atoms with Crippen LogP contribution in [-0.4, -0.2) is 22.0 Å². The molecule has 6 nitrogen and oxygen atoms in total. The number of hydrogen-bond acceptors (Lipinski definition) is 3. The van der Waals surface area contributed by atoms with E-state index in [4.69, 9.17) is 5.73 Å². The zero-order valence-electron chi connectivity index (χ0n) is 12.0. The van der Waals surface area contributed by atoms with E-state index in [1.54, 1.807) is 13.1 Å². The molecule has 1 aliphatic rings. The van der Waals surface area contributed by atoms with Gasteiger partial charge in [0.2, 0.25) is 0 Å². The number of H-pyrrole nitrogens is 1. The van der Waals surface area contributed by atoms with Crippen molar-refractivity contribution in [2.24, 2.45) is 10.7 Å². The first kappa shape index (κ1) is 14.6. The van der Waals surface area contributed by atoms with Crippen LogP contribution in [0.5, 0.6) is 0 Å². The molecule has 0 amide bonds. The maximum atomic E-state index is 11.7. The lowest BCUT2D eigenvalue weighted by atomic mass is 10.1. The van der Waals surface area contributed by atoms with E-state index in [-0.39, 0.29) is 12.1 Å². The van der Waals surface area contributed by atoms with Gasteiger partial charge in [-0.05, 0) is 19.8 Å². The quantitative estimate of drug-likeness (QED) is 0.439. The molecular weight excluding hydrogens is 254 g/mol. The third kappa shape index (κ3) is 4.36. The summed E-state index contributed by atoms with van der Waals surface area (Å²) in [5.74, 6) is 1.02. The second kappa shape index (κ2) is 7.07. The highest BCUT2D eigenvalue weighted by molar-refractivity contribution is 5.78. The first-order valence-electron chi connectivity index (χ1n) is 7.26. The first-order valence-corrected chi connectivity index (χ1v) is 7.26. The number of nitrogens with one attached hydrogen (secondary N) is 2. The lowest BCUT2D eigenvalue weighted by Gasteiger charge is -2.16. The number of aliphatic imine (C=N–C) groups is 1. The molecule has 0 aliphatic heterocycles. The zero-order valence-corrected chi connectivity index (χ0v) is 12.0. The molecule has 1 saturated carbocycles. The molecule has 1 aromatic heterocycles. The van der Waals surface area contributed by atoms with Gasteiger partial charge in [-0.1, -0.05) is 25.7 Å². The van der Waals surface area contributed by atoms with Gasteiger partial charge in [0.05, 0.1) is 12.1 Å². The third-order valence-corrected chi connectivity index (χ3v) is 3.63. The van der Waals surface area contributed by atoms with Crippen LogP contribution in [0, 0.1) is 6.92 Å². The van der Waals surface area contributed by atoms with Crippen LogP contribution in [0.3, 0.4) is 0 Å². The van der Waals surface area contributed by atoms with Crippen molar-refractivity contribution in [2.75, 3.05) is 0 Å². The number of hydrogen-bond donors (Lipinski definition) is 3. The topological polar surface area (TPSA) is 96.2 Å². The highest BCUT2D eigenvalue weighted by Crippen LogP contribution is 2.16. The van der Waals surface area contributed by atoms with Crippen LogP contribution in [0.1, 0.15) is 49.9 Å². The van der Waals surface area contributed by atoms with Crippen molar-refractivity contribution >= 4 is 5.96 Å². The lowest BCUT2D eigenvalue weighted by molar-refractivity contribution is 0.530. The summed E-state index contributed by atoms with van der Waals surface area (Å²) in [6.07, 6.45) is 8.93. The minimum Gasteiger partial charge on any atom is -0.370 e. The molecule has 0 atom stereocenters. The molecule has 1 aromatic rings. The molecule has 2 rings (SSSR count). The Morgan fingerprint density at radius 3 is 2.80 bits per heavy atom. The van der Waals surface area contributed by atoms with Gasteiger partial charge in [-0.25, -0.2) is 9.98 Å². The Hall–Kier alpha value is -1.85. The van der Waals surface area contributed by atoms with Gasteiger partial charge < -0.3 is 16.0 Å². The molecule has 6 heteroatoms. The molecule has 110 valence electrons. The van der Waals surface area contributed by atoms with Gasteiger partial charge in [0.15, 0.2) is 5.96 Å². The molecule has 1 fully saturated rings. The number of nitrogens with zero attached hydrogens (tertiary/aromatic N) is 2. The summed E-state index contributed by atoms with van der Waals surface area (Å²) in [4.78, 5) is 22.6. The molecule has 0 aromatic carbocycles. The summed E-state index contributed by atoms with van der Waals surface area (Å²) in [6, 6.07) is 0.413. The van der Waals surface area contributed by atoms with Crippen LogP contribution >= 0.6 is 0 Å². The molecular formula is C14H23N5O. The van der Waals surface area contributed by atoms with Crippen molar-refractivity contribution < 1.29 is 0 Å². The Labute approximate surface area is 118 Å². The fourth-order valence-electron chi connectivity index (χ4n) is 2.47. The summed E-state index contributed by atoms with van der Waals surface area (Å²) >= 11 is 0. The summed E-state index contributed by atoms with van der Waals surface area (Å²) in [5.41, 5.74) is 6.27. The van der Waals surface area contributed by atoms with Gasteiger partial charge in [0, 0.05) is 12.2 Å². The molecule has 0 radical (unpaired) electrons.